The molecule has 0 saturated carbocycles. The maximum atomic E-state index is 14.5. The van der Waals surface area contributed by atoms with E-state index in [1.807, 2.05) is 6.07 Å². The molecule has 1 aromatic carbocycles. The van der Waals surface area contributed by atoms with Gasteiger partial charge >= 0.3 is 6.03 Å². The molecular weight excluding hydrogens is 431 g/mol. The second-order valence-corrected chi connectivity index (χ2v) is 7.88. The third-order valence-electron chi connectivity index (χ3n) is 5.61. The van der Waals surface area contributed by atoms with Crippen LogP contribution < -0.4 is 20.4 Å². The van der Waals surface area contributed by atoms with E-state index in [1.165, 1.54) is 16.9 Å². The molecule has 12 heteroatoms. The molecule has 2 aliphatic heterocycles. The summed E-state index contributed by atoms with van der Waals surface area (Å²) in [5.74, 6) is 0.0875. The number of anilines is 3. The van der Waals surface area contributed by atoms with Crippen LogP contribution in [0.25, 0.3) is 11.0 Å². The number of hydrogen-bond donors (Lipinski definition) is 3. The molecule has 174 valence electrons. The largest absolute Gasteiger partial charge is 0.483 e. The number of fused-ring (bicyclic) bond motifs is 2. The van der Waals surface area contributed by atoms with E-state index in [2.05, 4.69) is 37.6 Å². The minimum atomic E-state index is -0.549. The number of nitrogens with one attached hydrogen (secondary N) is 2. The van der Waals surface area contributed by atoms with Gasteiger partial charge in [-0.25, -0.2) is 14.2 Å². The van der Waals surface area contributed by atoms with Crippen LogP contribution in [0.5, 0.6) is 0 Å². The number of urea groups is 1. The van der Waals surface area contributed by atoms with Crippen molar-refractivity contribution in [2.75, 3.05) is 41.3 Å². The van der Waals surface area contributed by atoms with Gasteiger partial charge < -0.3 is 20.6 Å². The van der Waals surface area contributed by atoms with Crippen LogP contribution in [0.3, 0.4) is 0 Å². The van der Waals surface area contributed by atoms with Crippen LogP contribution in [0.15, 0.2) is 24.4 Å². The first-order valence-corrected chi connectivity index (χ1v) is 10.5. The van der Waals surface area contributed by atoms with E-state index < -0.39 is 11.8 Å². The predicted octanol–water partition coefficient (Wildman–Crippen LogP) is 1.60. The molecule has 1 saturated heterocycles. The second-order valence-electron chi connectivity index (χ2n) is 7.88. The molecule has 11 nitrogen and oxygen atoms in total. The van der Waals surface area contributed by atoms with E-state index in [4.69, 9.17) is 9.90 Å². The van der Waals surface area contributed by atoms with Crippen molar-refractivity contribution in [2.24, 2.45) is 7.05 Å². The molecule has 3 N–H and O–H groups in total. The van der Waals surface area contributed by atoms with Gasteiger partial charge in [-0.1, -0.05) is 0 Å². The first-order chi connectivity index (χ1) is 15.9. The van der Waals surface area contributed by atoms with Crippen molar-refractivity contribution in [3.05, 3.63) is 35.8 Å². The molecule has 0 radical (unpaired) electrons. The Bertz CT molecular complexity index is 1180. The highest BCUT2D eigenvalue weighted by Crippen LogP contribution is 2.34. The summed E-state index contributed by atoms with van der Waals surface area (Å²) in [6, 6.07) is 4.78. The highest BCUT2D eigenvalue weighted by atomic mass is 19.1. The average molecular weight is 456 g/mol. The summed E-state index contributed by atoms with van der Waals surface area (Å²) in [7, 11) is 1.67. The van der Waals surface area contributed by atoms with Crippen molar-refractivity contribution < 1.29 is 19.1 Å². The van der Waals surface area contributed by atoms with Gasteiger partial charge in [0.05, 0.1) is 5.69 Å². The number of amides is 2. The summed E-state index contributed by atoms with van der Waals surface area (Å²) in [4.78, 5) is 31.1. The number of carbonyl (C=O) groups excluding carboxylic acids is 1. The minimum Gasteiger partial charge on any atom is -0.483 e. The lowest BCUT2D eigenvalue weighted by molar-refractivity contribution is -0.122. The molecule has 2 aliphatic rings. The molecule has 1 atom stereocenters. The van der Waals surface area contributed by atoms with Crippen LogP contribution in [-0.4, -0.2) is 69.8 Å². The van der Waals surface area contributed by atoms with Crippen LogP contribution in [0.1, 0.15) is 12.5 Å². The molecular formula is C21H25FN8O3. The van der Waals surface area contributed by atoms with Crippen molar-refractivity contribution in [2.45, 2.75) is 19.4 Å². The Morgan fingerprint density at radius 3 is 2.76 bits per heavy atom. The third-order valence-corrected chi connectivity index (χ3v) is 5.61. The minimum absolute atomic E-state index is 0.0773. The van der Waals surface area contributed by atoms with E-state index in [0.29, 0.717) is 29.4 Å². The summed E-state index contributed by atoms with van der Waals surface area (Å²) < 4.78 is 14.5. The number of aromatic nitrogens is 4. The summed E-state index contributed by atoms with van der Waals surface area (Å²) in [5, 5.41) is 21.3. The third kappa shape index (κ3) is 4.55. The first-order valence-electron chi connectivity index (χ1n) is 10.5. The molecule has 4 heterocycles. The van der Waals surface area contributed by atoms with E-state index in [1.54, 1.807) is 18.1 Å². The van der Waals surface area contributed by atoms with Crippen molar-refractivity contribution in [3.8, 4) is 0 Å². The molecule has 0 bridgehead atoms. The van der Waals surface area contributed by atoms with Gasteiger partial charge in [-0.15, -0.1) is 0 Å². The standard InChI is InChI=1S/C20H23FN8O.CH2O2/c1-12-11-28(8-6-22-12)18-3-5-23-19-13(18)4-7-29(19)20(30)24-15-10-17-16(9-14(15)21)25-27(2)26-17;2-1-3/h3,5,9-10,12,22H,4,6-8,11H2,1-2H3,(H,24,30);1H,(H,2,3)/t12-;/m0./s1. The number of piperazine rings is 1. The normalized spacial score (nSPS) is 17.4. The molecule has 5 rings (SSSR count). The fraction of sp³-hybridized carbons (Fsp3) is 0.381. The molecule has 0 aliphatic carbocycles. The lowest BCUT2D eigenvalue weighted by atomic mass is 10.1. The van der Waals surface area contributed by atoms with Crippen LogP contribution in [0.2, 0.25) is 0 Å². The second kappa shape index (κ2) is 9.36. The topological polar surface area (TPSA) is 129 Å². The van der Waals surface area contributed by atoms with E-state index in [9.17, 15) is 9.18 Å². The number of pyridine rings is 1. The van der Waals surface area contributed by atoms with Gasteiger partial charge in [-0.2, -0.15) is 15.0 Å². The number of aryl methyl sites for hydroxylation is 1. The first kappa shape index (κ1) is 22.4. The van der Waals surface area contributed by atoms with Gasteiger partial charge in [-0.3, -0.25) is 9.69 Å². The molecule has 0 spiro atoms. The SMILES string of the molecule is C[C@H]1CN(c2ccnc3c2CCN3C(=O)Nc2cc3nn(C)nc3cc2F)CCN1.O=CO. The Kier molecular flexibility index (Phi) is 6.36. The van der Waals surface area contributed by atoms with Crippen LogP contribution in [-0.2, 0) is 18.3 Å². The summed E-state index contributed by atoms with van der Waals surface area (Å²) >= 11 is 0. The van der Waals surface area contributed by atoms with Crippen LogP contribution >= 0.6 is 0 Å². The Labute approximate surface area is 189 Å². The van der Waals surface area contributed by atoms with Gasteiger partial charge in [0.1, 0.15) is 22.7 Å². The highest BCUT2D eigenvalue weighted by Gasteiger charge is 2.31. The summed E-state index contributed by atoms with van der Waals surface area (Å²) in [5.41, 5.74) is 3.22. The Morgan fingerprint density at radius 2 is 2.03 bits per heavy atom. The maximum Gasteiger partial charge on any atom is 0.327 e. The molecule has 1 fully saturated rings. The number of rotatable bonds is 2. The molecule has 3 aromatic rings. The number of halogens is 1. The van der Waals surface area contributed by atoms with E-state index in [0.717, 1.165) is 37.3 Å². The monoisotopic (exact) mass is 456 g/mol. The Balaban J connectivity index is 0.000000821. The zero-order valence-corrected chi connectivity index (χ0v) is 18.3. The van der Waals surface area contributed by atoms with Crippen molar-refractivity contribution in [1.29, 1.82) is 0 Å². The smallest absolute Gasteiger partial charge is 0.327 e. The van der Waals surface area contributed by atoms with Crippen molar-refractivity contribution in [3.63, 3.8) is 0 Å². The van der Waals surface area contributed by atoms with Gasteiger partial charge in [0, 0.05) is 62.8 Å². The summed E-state index contributed by atoms with van der Waals surface area (Å²) in [6.07, 6.45) is 2.45. The number of benzene rings is 1. The molecule has 33 heavy (non-hydrogen) atoms. The van der Waals surface area contributed by atoms with E-state index >= 15 is 0 Å². The molecule has 2 aromatic heterocycles. The fourth-order valence-electron chi connectivity index (χ4n) is 4.24. The van der Waals surface area contributed by atoms with Gasteiger partial charge in [0.25, 0.3) is 6.47 Å². The molecule has 0 unspecified atom stereocenters. The molecule has 2 amide bonds. The average Bonchev–Trinajstić information content (AvgIpc) is 3.37. The number of hydrogen-bond acceptors (Lipinski definition) is 7. The van der Waals surface area contributed by atoms with Crippen molar-refractivity contribution >= 4 is 40.7 Å². The lowest BCUT2D eigenvalue weighted by Gasteiger charge is -2.34. The quantitative estimate of drug-likeness (QED) is 0.496. The fourth-order valence-corrected chi connectivity index (χ4v) is 4.24. The van der Waals surface area contributed by atoms with Gasteiger partial charge in [0.15, 0.2) is 0 Å². The lowest BCUT2D eigenvalue weighted by Crippen LogP contribution is -2.49. The van der Waals surface area contributed by atoms with Crippen molar-refractivity contribution in [1.82, 2.24) is 25.3 Å². The van der Waals surface area contributed by atoms with Crippen LogP contribution in [0.4, 0.5) is 26.4 Å². The van der Waals surface area contributed by atoms with Crippen LogP contribution in [0, 0.1) is 5.82 Å². The van der Waals surface area contributed by atoms with E-state index in [-0.39, 0.29) is 12.2 Å². The number of carbonyl (C=O) groups is 2. The maximum absolute atomic E-state index is 14.5. The Hall–Kier alpha value is -3.80. The number of carboxylic acid groups (broad SMARTS) is 1. The zero-order chi connectivity index (χ0) is 23.5. The highest BCUT2D eigenvalue weighted by molar-refractivity contribution is 6.03. The zero-order valence-electron chi connectivity index (χ0n) is 18.3. The summed E-state index contributed by atoms with van der Waals surface area (Å²) in [6.45, 7) is 5.16. The van der Waals surface area contributed by atoms with Gasteiger partial charge in [0.2, 0.25) is 0 Å². The van der Waals surface area contributed by atoms with Gasteiger partial charge in [-0.05, 0) is 25.5 Å². The predicted molar refractivity (Wildman–Crippen MR) is 121 cm³/mol. The Morgan fingerprint density at radius 1 is 1.30 bits per heavy atom. The number of nitrogens with zero attached hydrogens (tertiary/aromatic N) is 6.